The number of aromatic nitrogens is 3. The molecular formula is C22H14F2N4OS. The number of alkyl halides is 2. The Hall–Kier alpha value is -3.65. The number of anilines is 1. The molecule has 0 saturated carbocycles. The molecule has 2 N–H and O–H groups in total. The van der Waals surface area contributed by atoms with Gasteiger partial charge in [0, 0.05) is 16.8 Å². The van der Waals surface area contributed by atoms with Crippen molar-refractivity contribution in [3.63, 3.8) is 0 Å². The van der Waals surface area contributed by atoms with Gasteiger partial charge in [-0.2, -0.15) is 0 Å². The summed E-state index contributed by atoms with van der Waals surface area (Å²) in [6, 6.07) is 20.0. The zero-order valence-electron chi connectivity index (χ0n) is 15.4. The van der Waals surface area contributed by atoms with Crippen LogP contribution >= 0.6 is 11.3 Å². The third kappa shape index (κ3) is 3.42. The van der Waals surface area contributed by atoms with E-state index >= 15 is 0 Å². The molecule has 0 fully saturated rings. The third-order valence-corrected chi connectivity index (χ3v) is 5.74. The first-order valence-electron chi connectivity index (χ1n) is 9.12. The van der Waals surface area contributed by atoms with Gasteiger partial charge in [-0.3, -0.25) is 4.79 Å². The lowest BCUT2D eigenvalue weighted by Gasteiger charge is -2.06. The Kier molecular flexibility index (Phi) is 4.48. The van der Waals surface area contributed by atoms with Crippen LogP contribution in [0, 0.1) is 0 Å². The molecule has 0 spiro atoms. The molecule has 0 radical (unpaired) electrons. The topological polar surface area (TPSA) is 70.7 Å². The maximum absolute atomic E-state index is 12.8. The molecule has 5 rings (SSSR count). The summed E-state index contributed by atoms with van der Waals surface area (Å²) in [6.45, 7) is 0. The Labute approximate surface area is 173 Å². The SMILES string of the molecule is O=C(Nc1ccc(-c2nc3ccccc3s2)cc1)c1ccc2nc(C(F)F)[nH]c2c1. The molecule has 5 aromatic rings. The zero-order valence-corrected chi connectivity index (χ0v) is 16.2. The predicted molar refractivity (Wildman–Crippen MR) is 114 cm³/mol. The molecule has 5 nitrogen and oxygen atoms in total. The lowest BCUT2D eigenvalue weighted by atomic mass is 10.1. The van der Waals surface area contributed by atoms with Crippen LogP contribution < -0.4 is 5.32 Å². The van der Waals surface area contributed by atoms with Gasteiger partial charge in [0.1, 0.15) is 5.01 Å². The largest absolute Gasteiger partial charge is 0.337 e. The van der Waals surface area contributed by atoms with Gasteiger partial charge in [-0.05, 0) is 54.6 Å². The van der Waals surface area contributed by atoms with E-state index in [0.29, 0.717) is 22.3 Å². The van der Waals surface area contributed by atoms with Gasteiger partial charge < -0.3 is 10.3 Å². The van der Waals surface area contributed by atoms with E-state index in [1.807, 2.05) is 48.5 Å². The average Bonchev–Trinajstić information content (AvgIpc) is 3.38. The Balaban J connectivity index is 1.35. The minimum absolute atomic E-state index is 0.335. The van der Waals surface area contributed by atoms with Crippen LogP contribution in [0.2, 0.25) is 0 Å². The fourth-order valence-corrected chi connectivity index (χ4v) is 4.14. The number of amides is 1. The highest BCUT2D eigenvalue weighted by atomic mass is 32.1. The molecular weight excluding hydrogens is 406 g/mol. The van der Waals surface area contributed by atoms with Crippen LogP contribution in [0.1, 0.15) is 22.6 Å². The van der Waals surface area contributed by atoms with Crippen molar-refractivity contribution in [1.29, 1.82) is 0 Å². The molecule has 0 atom stereocenters. The first-order valence-corrected chi connectivity index (χ1v) is 9.94. The van der Waals surface area contributed by atoms with Gasteiger partial charge in [0.05, 0.1) is 21.3 Å². The first-order chi connectivity index (χ1) is 14.6. The van der Waals surface area contributed by atoms with Gasteiger partial charge >= 0.3 is 0 Å². The normalized spacial score (nSPS) is 11.4. The van der Waals surface area contributed by atoms with Gasteiger partial charge in [0.2, 0.25) is 0 Å². The summed E-state index contributed by atoms with van der Waals surface area (Å²) in [5.41, 5.74) is 3.68. The van der Waals surface area contributed by atoms with Crippen molar-refractivity contribution in [3.05, 3.63) is 78.1 Å². The van der Waals surface area contributed by atoms with Crippen molar-refractivity contribution >= 4 is 44.2 Å². The molecule has 3 aromatic carbocycles. The number of nitrogens with zero attached hydrogens (tertiary/aromatic N) is 2. The van der Waals surface area contributed by atoms with E-state index < -0.39 is 12.2 Å². The summed E-state index contributed by atoms with van der Waals surface area (Å²) in [5, 5.41) is 3.73. The Morgan fingerprint density at radius 2 is 1.77 bits per heavy atom. The van der Waals surface area contributed by atoms with Crippen LogP contribution in [-0.2, 0) is 0 Å². The van der Waals surface area contributed by atoms with Gasteiger partial charge in [0.25, 0.3) is 12.3 Å². The predicted octanol–water partition coefficient (Wildman–Crippen LogP) is 6.03. The summed E-state index contributed by atoms with van der Waals surface area (Å²) < 4.78 is 26.7. The number of imidazole rings is 1. The second kappa shape index (κ2) is 7.31. The Morgan fingerprint density at radius 1 is 0.967 bits per heavy atom. The first kappa shape index (κ1) is 18.4. The molecule has 1 amide bonds. The van der Waals surface area contributed by atoms with Gasteiger partial charge in [-0.25, -0.2) is 18.7 Å². The number of halogens is 2. The van der Waals surface area contributed by atoms with Gasteiger partial charge in [-0.1, -0.05) is 12.1 Å². The molecule has 0 aliphatic carbocycles. The number of para-hydroxylation sites is 1. The van der Waals surface area contributed by atoms with Crippen LogP contribution in [0.25, 0.3) is 31.8 Å². The molecule has 30 heavy (non-hydrogen) atoms. The molecule has 0 saturated heterocycles. The van der Waals surface area contributed by atoms with Crippen LogP contribution in [0.15, 0.2) is 66.7 Å². The molecule has 2 heterocycles. The Morgan fingerprint density at radius 3 is 2.53 bits per heavy atom. The van der Waals surface area contributed by atoms with Crippen LogP contribution in [0.5, 0.6) is 0 Å². The van der Waals surface area contributed by atoms with E-state index in [-0.39, 0.29) is 5.91 Å². The maximum atomic E-state index is 12.8. The number of benzene rings is 3. The van der Waals surface area contributed by atoms with Crippen LogP contribution in [0.4, 0.5) is 14.5 Å². The molecule has 0 unspecified atom stereocenters. The van der Waals surface area contributed by atoms with Crippen molar-refractivity contribution in [2.24, 2.45) is 0 Å². The standard InChI is InChI=1S/C22H14F2N4OS/c23-19(24)20-26-15-10-7-13(11-17(15)27-20)21(29)25-14-8-5-12(6-9-14)22-28-16-3-1-2-4-18(16)30-22/h1-11,19H,(H,25,29)(H,26,27). The number of H-pyrrole nitrogens is 1. The number of fused-ring (bicyclic) bond motifs is 2. The van der Waals surface area contributed by atoms with E-state index in [1.165, 1.54) is 6.07 Å². The molecule has 2 aromatic heterocycles. The number of thiazole rings is 1. The second-order valence-corrected chi connectivity index (χ2v) is 7.70. The summed E-state index contributed by atoms with van der Waals surface area (Å²) in [4.78, 5) is 23.6. The minimum Gasteiger partial charge on any atom is -0.337 e. The monoisotopic (exact) mass is 420 g/mol. The number of nitrogens with one attached hydrogen (secondary N) is 2. The van der Waals surface area contributed by atoms with E-state index in [0.717, 1.165) is 20.8 Å². The van der Waals surface area contributed by atoms with Crippen molar-refractivity contribution in [2.45, 2.75) is 6.43 Å². The third-order valence-electron chi connectivity index (χ3n) is 4.65. The van der Waals surface area contributed by atoms with Crippen molar-refractivity contribution in [3.8, 4) is 10.6 Å². The summed E-state index contributed by atoms with van der Waals surface area (Å²) in [7, 11) is 0. The number of hydrogen-bond acceptors (Lipinski definition) is 4. The van der Waals surface area contributed by atoms with E-state index in [2.05, 4.69) is 20.3 Å². The fourth-order valence-electron chi connectivity index (χ4n) is 3.17. The summed E-state index contributed by atoms with van der Waals surface area (Å²) in [5.74, 6) is -0.745. The average molecular weight is 420 g/mol. The van der Waals surface area contributed by atoms with Gasteiger partial charge in [-0.15, -0.1) is 11.3 Å². The molecule has 0 aliphatic rings. The number of rotatable bonds is 4. The highest BCUT2D eigenvalue weighted by Gasteiger charge is 2.14. The van der Waals surface area contributed by atoms with Crippen molar-refractivity contribution in [1.82, 2.24) is 15.0 Å². The fraction of sp³-hybridized carbons (Fsp3) is 0.0455. The van der Waals surface area contributed by atoms with Crippen LogP contribution in [-0.4, -0.2) is 20.9 Å². The van der Waals surface area contributed by atoms with Crippen molar-refractivity contribution in [2.75, 3.05) is 5.32 Å². The summed E-state index contributed by atoms with van der Waals surface area (Å²) in [6.07, 6.45) is -2.69. The molecule has 0 aliphatic heterocycles. The maximum Gasteiger partial charge on any atom is 0.295 e. The molecule has 148 valence electrons. The highest BCUT2D eigenvalue weighted by molar-refractivity contribution is 7.21. The summed E-state index contributed by atoms with van der Waals surface area (Å²) >= 11 is 1.61. The molecule has 0 bridgehead atoms. The minimum atomic E-state index is -2.69. The number of hydrogen-bond donors (Lipinski definition) is 2. The lowest BCUT2D eigenvalue weighted by molar-refractivity contribution is 0.102. The van der Waals surface area contributed by atoms with Crippen LogP contribution in [0.3, 0.4) is 0 Å². The second-order valence-electron chi connectivity index (χ2n) is 6.67. The highest BCUT2D eigenvalue weighted by Crippen LogP contribution is 2.30. The van der Waals surface area contributed by atoms with E-state index in [4.69, 9.17) is 0 Å². The number of carbonyl (C=O) groups excluding carboxylic acids is 1. The number of carbonyl (C=O) groups is 1. The lowest BCUT2D eigenvalue weighted by Crippen LogP contribution is -2.11. The van der Waals surface area contributed by atoms with E-state index in [9.17, 15) is 13.6 Å². The molecule has 8 heteroatoms. The van der Waals surface area contributed by atoms with Gasteiger partial charge in [0.15, 0.2) is 5.82 Å². The Bertz CT molecular complexity index is 1340. The van der Waals surface area contributed by atoms with Crippen molar-refractivity contribution < 1.29 is 13.6 Å². The quantitative estimate of drug-likeness (QED) is 0.373. The number of aromatic amines is 1. The van der Waals surface area contributed by atoms with E-state index in [1.54, 1.807) is 23.5 Å². The zero-order chi connectivity index (χ0) is 20.7. The smallest absolute Gasteiger partial charge is 0.295 e.